The third-order valence-electron chi connectivity index (χ3n) is 5.17. The van der Waals surface area contributed by atoms with Crippen LogP contribution in [0.5, 0.6) is 0 Å². The van der Waals surface area contributed by atoms with Gasteiger partial charge < -0.3 is 15.5 Å². The number of carbonyl (C=O) groups is 1. The summed E-state index contributed by atoms with van der Waals surface area (Å²) in [6, 6.07) is 10.9. The standard InChI is InChI=1S/C20H30F3N5O/c1-15(16-7-5-4-6-8-16)28-11-9-17(10-12-28)26-19(24-2)25-13-18(29)27(3)14-20(21,22)23/h4-8,15,17H,9-14H2,1-3H3,(H2,24,25,26). The van der Waals surface area contributed by atoms with Gasteiger partial charge in [-0.3, -0.25) is 14.7 Å². The Balaban J connectivity index is 1.76. The van der Waals surface area contributed by atoms with Crippen molar-refractivity contribution in [3.63, 3.8) is 0 Å². The van der Waals surface area contributed by atoms with Crippen LogP contribution in [0.1, 0.15) is 31.4 Å². The molecule has 1 aliphatic heterocycles. The minimum absolute atomic E-state index is 0.198. The lowest BCUT2D eigenvalue weighted by molar-refractivity contribution is -0.157. The van der Waals surface area contributed by atoms with Gasteiger partial charge >= 0.3 is 6.18 Å². The molecule has 1 unspecified atom stereocenters. The number of piperidine rings is 1. The molecule has 0 bridgehead atoms. The van der Waals surface area contributed by atoms with E-state index in [1.165, 1.54) is 5.56 Å². The molecule has 1 saturated heterocycles. The molecule has 0 radical (unpaired) electrons. The van der Waals surface area contributed by atoms with E-state index in [1.54, 1.807) is 7.05 Å². The smallest absolute Gasteiger partial charge is 0.354 e. The van der Waals surface area contributed by atoms with Crippen molar-refractivity contribution in [2.45, 2.75) is 38.0 Å². The van der Waals surface area contributed by atoms with Crippen molar-refractivity contribution in [2.75, 3.05) is 40.3 Å². The van der Waals surface area contributed by atoms with Crippen molar-refractivity contribution in [3.05, 3.63) is 35.9 Å². The zero-order valence-corrected chi connectivity index (χ0v) is 17.2. The number of benzene rings is 1. The lowest BCUT2D eigenvalue weighted by Gasteiger charge is -2.37. The quantitative estimate of drug-likeness (QED) is 0.556. The molecule has 2 rings (SSSR count). The molecule has 1 heterocycles. The van der Waals surface area contributed by atoms with E-state index in [0.29, 0.717) is 16.9 Å². The Morgan fingerprint density at radius 3 is 2.45 bits per heavy atom. The van der Waals surface area contributed by atoms with Crippen LogP contribution in [0.15, 0.2) is 35.3 Å². The van der Waals surface area contributed by atoms with Gasteiger partial charge in [0.1, 0.15) is 6.54 Å². The largest absolute Gasteiger partial charge is 0.406 e. The van der Waals surface area contributed by atoms with Crippen molar-refractivity contribution in [2.24, 2.45) is 4.99 Å². The van der Waals surface area contributed by atoms with E-state index in [9.17, 15) is 18.0 Å². The summed E-state index contributed by atoms with van der Waals surface area (Å²) in [5, 5.41) is 6.08. The number of halogens is 3. The van der Waals surface area contributed by atoms with E-state index in [-0.39, 0.29) is 12.6 Å². The van der Waals surface area contributed by atoms with E-state index in [0.717, 1.165) is 33.0 Å². The van der Waals surface area contributed by atoms with Gasteiger partial charge in [-0.2, -0.15) is 13.2 Å². The highest BCUT2D eigenvalue weighted by Crippen LogP contribution is 2.24. The summed E-state index contributed by atoms with van der Waals surface area (Å²) < 4.78 is 37.1. The van der Waals surface area contributed by atoms with Crippen molar-refractivity contribution < 1.29 is 18.0 Å². The molecule has 1 atom stereocenters. The van der Waals surface area contributed by atoms with Gasteiger partial charge in [0, 0.05) is 39.3 Å². The molecule has 162 valence electrons. The van der Waals surface area contributed by atoms with Crippen molar-refractivity contribution in [1.82, 2.24) is 20.4 Å². The molecule has 0 spiro atoms. The number of likely N-dealkylation sites (tertiary alicyclic amines) is 1. The number of aliphatic imine (C=N–C) groups is 1. The van der Waals surface area contributed by atoms with Gasteiger partial charge in [-0.1, -0.05) is 30.3 Å². The molecule has 9 heteroatoms. The second-order valence-corrected chi connectivity index (χ2v) is 7.33. The Bertz CT molecular complexity index is 672. The lowest BCUT2D eigenvalue weighted by atomic mass is 10.0. The average molecular weight is 413 g/mol. The summed E-state index contributed by atoms with van der Waals surface area (Å²) in [6.45, 7) is 2.55. The fourth-order valence-electron chi connectivity index (χ4n) is 3.41. The average Bonchev–Trinajstić information content (AvgIpc) is 2.70. The first-order valence-electron chi connectivity index (χ1n) is 9.76. The Hall–Kier alpha value is -2.29. The number of likely N-dealkylation sites (N-methyl/N-ethyl adjacent to an activating group) is 1. The molecule has 0 saturated carbocycles. The van der Waals surface area contributed by atoms with Crippen LogP contribution in [-0.2, 0) is 4.79 Å². The number of hydrogen-bond donors (Lipinski definition) is 2. The predicted octanol–water partition coefficient (Wildman–Crippen LogP) is 2.40. The van der Waals surface area contributed by atoms with Gasteiger partial charge in [-0.15, -0.1) is 0 Å². The van der Waals surface area contributed by atoms with Crippen molar-refractivity contribution in [1.29, 1.82) is 0 Å². The Morgan fingerprint density at radius 2 is 1.90 bits per heavy atom. The summed E-state index contributed by atoms with van der Waals surface area (Å²) in [5.41, 5.74) is 1.29. The van der Waals surface area contributed by atoms with Crippen LogP contribution >= 0.6 is 0 Å². The number of nitrogens with one attached hydrogen (secondary N) is 2. The van der Waals surface area contributed by atoms with E-state index < -0.39 is 18.6 Å². The zero-order valence-electron chi connectivity index (χ0n) is 17.2. The van der Waals surface area contributed by atoms with E-state index in [1.807, 2.05) is 18.2 Å². The molecule has 0 aliphatic carbocycles. The highest BCUT2D eigenvalue weighted by atomic mass is 19.4. The van der Waals surface area contributed by atoms with Crippen molar-refractivity contribution in [3.8, 4) is 0 Å². The molecule has 2 N–H and O–H groups in total. The molecule has 1 fully saturated rings. The summed E-state index contributed by atoms with van der Waals surface area (Å²) in [5.74, 6) is -0.218. The predicted molar refractivity (Wildman–Crippen MR) is 108 cm³/mol. The molecule has 0 aromatic heterocycles. The number of amides is 1. The number of carbonyl (C=O) groups excluding carboxylic acids is 1. The third kappa shape index (κ3) is 7.56. The van der Waals surface area contributed by atoms with Crippen LogP contribution < -0.4 is 10.6 Å². The Morgan fingerprint density at radius 1 is 1.28 bits per heavy atom. The third-order valence-corrected chi connectivity index (χ3v) is 5.17. The zero-order chi connectivity index (χ0) is 21.4. The van der Waals surface area contributed by atoms with Crippen LogP contribution in [0.3, 0.4) is 0 Å². The normalized spacial score (nSPS) is 17.7. The Labute approximate surface area is 170 Å². The molecule has 1 aromatic carbocycles. The summed E-state index contributed by atoms with van der Waals surface area (Å²) >= 11 is 0. The first kappa shape index (κ1) is 23.0. The number of hydrogen-bond acceptors (Lipinski definition) is 3. The number of alkyl halides is 3. The summed E-state index contributed by atoms with van der Waals surface area (Å²) in [7, 11) is 2.71. The van der Waals surface area contributed by atoms with Crippen LogP contribution in [0.4, 0.5) is 13.2 Å². The minimum Gasteiger partial charge on any atom is -0.354 e. The topological polar surface area (TPSA) is 60.0 Å². The maximum atomic E-state index is 12.4. The van der Waals surface area contributed by atoms with Gasteiger partial charge in [0.15, 0.2) is 5.96 Å². The van der Waals surface area contributed by atoms with Gasteiger partial charge in [0.05, 0.1) is 6.54 Å². The first-order valence-corrected chi connectivity index (χ1v) is 9.76. The van der Waals surface area contributed by atoms with Gasteiger partial charge in [0.25, 0.3) is 0 Å². The van der Waals surface area contributed by atoms with Crippen LogP contribution in [0.25, 0.3) is 0 Å². The van der Waals surface area contributed by atoms with Crippen LogP contribution in [0, 0.1) is 0 Å². The maximum Gasteiger partial charge on any atom is 0.406 e. The molecule has 1 aromatic rings. The lowest BCUT2D eigenvalue weighted by Crippen LogP contribution is -2.51. The molecule has 29 heavy (non-hydrogen) atoms. The van der Waals surface area contributed by atoms with E-state index >= 15 is 0 Å². The van der Waals surface area contributed by atoms with Gasteiger partial charge in [0.2, 0.25) is 5.91 Å². The molecule has 6 nitrogen and oxygen atoms in total. The SMILES string of the molecule is CN=C(NCC(=O)N(C)CC(F)(F)F)NC1CCN(C(C)c2ccccc2)CC1. The van der Waals surface area contributed by atoms with E-state index in [2.05, 4.69) is 39.6 Å². The van der Waals surface area contributed by atoms with Crippen LogP contribution in [-0.4, -0.2) is 74.2 Å². The molecular formula is C20H30F3N5O. The number of guanidine groups is 1. The molecule has 1 amide bonds. The van der Waals surface area contributed by atoms with Gasteiger partial charge in [-0.05, 0) is 25.3 Å². The second-order valence-electron chi connectivity index (χ2n) is 7.33. The molecule has 1 aliphatic rings. The number of nitrogens with zero attached hydrogens (tertiary/aromatic N) is 3. The monoisotopic (exact) mass is 413 g/mol. The van der Waals surface area contributed by atoms with Gasteiger partial charge in [-0.25, -0.2) is 0 Å². The summed E-state index contributed by atoms with van der Waals surface area (Å²) in [6.07, 6.45) is -2.57. The summed E-state index contributed by atoms with van der Waals surface area (Å²) in [4.78, 5) is 19.0. The van der Waals surface area contributed by atoms with Crippen molar-refractivity contribution >= 4 is 11.9 Å². The first-order chi connectivity index (χ1) is 13.7. The maximum absolute atomic E-state index is 12.4. The number of rotatable bonds is 6. The van der Waals surface area contributed by atoms with E-state index in [4.69, 9.17) is 0 Å². The second kappa shape index (κ2) is 10.5. The minimum atomic E-state index is -4.41. The fourth-order valence-corrected chi connectivity index (χ4v) is 3.41. The Kier molecular flexibility index (Phi) is 8.31. The fraction of sp³-hybridized carbons (Fsp3) is 0.600. The highest BCUT2D eigenvalue weighted by Gasteiger charge is 2.31. The highest BCUT2D eigenvalue weighted by molar-refractivity contribution is 5.86. The molecular weight excluding hydrogens is 383 g/mol. The van der Waals surface area contributed by atoms with Crippen LogP contribution in [0.2, 0.25) is 0 Å².